The van der Waals surface area contributed by atoms with Gasteiger partial charge in [-0.3, -0.25) is 9.59 Å². The van der Waals surface area contributed by atoms with Crippen molar-refractivity contribution in [2.75, 3.05) is 17.2 Å². The van der Waals surface area contributed by atoms with E-state index >= 15 is 0 Å². The van der Waals surface area contributed by atoms with Crippen molar-refractivity contribution >= 4 is 30.0 Å². The van der Waals surface area contributed by atoms with Crippen LogP contribution in [-0.4, -0.2) is 24.0 Å². The van der Waals surface area contributed by atoms with E-state index in [1.54, 1.807) is 29.2 Å². The number of rotatable bonds is 4. The van der Waals surface area contributed by atoms with Gasteiger partial charge in [0.2, 0.25) is 5.91 Å². The van der Waals surface area contributed by atoms with Crippen LogP contribution < -0.4 is 4.90 Å². The van der Waals surface area contributed by atoms with Crippen LogP contribution in [0.4, 0.5) is 5.69 Å². The van der Waals surface area contributed by atoms with Crippen molar-refractivity contribution in [1.82, 2.24) is 0 Å². The minimum atomic E-state index is -0.0279. The van der Waals surface area contributed by atoms with Crippen LogP contribution in [0, 0.1) is 5.92 Å². The van der Waals surface area contributed by atoms with Gasteiger partial charge in [-0.25, -0.2) is 0 Å². The maximum Gasteiger partial charge on any atom is 0.227 e. The Morgan fingerprint density at radius 3 is 2.50 bits per heavy atom. The molecule has 0 radical (unpaired) electrons. The van der Waals surface area contributed by atoms with Gasteiger partial charge in [0.1, 0.15) is 0 Å². The fourth-order valence-electron chi connectivity index (χ4n) is 2.72. The molecule has 22 heavy (non-hydrogen) atoms. The molecule has 1 fully saturated rings. The molecule has 4 heteroatoms. The third-order valence-corrected chi connectivity index (χ3v) is 4.44. The highest BCUT2D eigenvalue weighted by molar-refractivity contribution is 7.80. The minimum absolute atomic E-state index is 0.0279. The third kappa shape index (κ3) is 2.92. The molecule has 1 unspecified atom stereocenters. The molecule has 2 aromatic carbocycles. The van der Waals surface area contributed by atoms with Crippen molar-refractivity contribution in [3.63, 3.8) is 0 Å². The summed E-state index contributed by atoms with van der Waals surface area (Å²) in [5.41, 5.74) is 2.04. The van der Waals surface area contributed by atoms with E-state index in [-0.39, 0.29) is 17.6 Å². The number of thiol groups is 1. The molecular weight excluding hydrogens is 294 g/mol. The smallest absolute Gasteiger partial charge is 0.227 e. The predicted molar refractivity (Wildman–Crippen MR) is 90.6 cm³/mol. The number of benzene rings is 2. The van der Waals surface area contributed by atoms with E-state index in [9.17, 15) is 9.59 Å². The standard InChI is InChI=1S/C18H17NO2S/c20-17-9-13(12-22)11-19(17)16-8-4-7-15(10-16)18(21)14-5-2-1-3-6-14/h1-8,10,13,22H,9,11-12H2. The molecule has 0 bridgehead atoms. The monoisotopic (exact) mass is 311 g/mol. The van der Waals surface area contributed by atoms with Crippen molar-refractivity contribution in [3.05, 3.63) is 65.7 Å². The van der Waals surface area contributed by atoms with Crippen LogP contribution in [0.2, 0.25) is 0 Å². The van der Waals surface area contributed by atoms with Crippen LogP contribution >= 0.6 is 12.6 Å². The lowest BCUT2D eigenvalue weighted by molar-refractivity contribution is -0.117. The lowest BCUT2D eigenvalue weighted by Gasteiger charge is -2.17. The molecule has 3 nitrogen and oxygen atoms in total. The van der Waals surface area contributed by atoms with Crippen LogP contribution in [0.3, 0.4) is 0 Å². The van der Waals surface area contributed by atoms with Gasteiger partial charge in [0.25, 0.3) is 0 Å². The van der Waals surface area contributed by atoms with Gasteiger partial charge in [-0.05, 0) is 23.8 Å². The van der Waals surface area contributed by atoms with Gasteiger partial charge in [-0.2, -0.15) is 12.6 Å². The molecule has 3 rings (SSSR count). The number of ketones is 1. The SMILES string of the molecule is O=C(c1ccccc1)c1cccc(N2CC(CS)CC2=O)c1. The largest absolute Gasteiger partial charge is 0.312 e. The van der Waals surface area contributed by atoms with E-state index < -0.39 is 0 Å². The Kier molecular flexibility index (Phi) is 4.29. The summed E-state index contributed by atoms with van der Waals surface area (Å²) in [5, 5.41) is 0. The Morgan fingerprint density at radius 1 is 1.09 bits per heavy atom. The first kappa shape index (κ1) is 14.9. The molecule has 0 spiro atoms. The highest BCUT2D eigenvalue weighted by atomic mass is 32.1. The number of hydrogen-bond acceptors (Lipinski definition) is 3. The summed E-state index contributed by atoms with van der Waals surface area (Å²) in [5.74, 6) is 1.05. The number of anilines is 1. The van der Waals surface area contributed by atoms with Gasteiger partial charge < -0.3 is 4.90 Å². The summed E-state index contributed by atoms with van der Waals surface area (Å²) in [6, 6.07) is 16.5. The lowest BCUT2D eigenvalue weighted by Crippen LogP contribution is -2.24. The zero-order chi connectivity index (χ0) is 15.5. The van der Waals surface area contributed by atoms with Crippen molar-refractivity contribution in [2.24, 2.45) is 5.92 Å². The third-order valence-electron chi connectivity index (χ3n) is 3.92. The highest BCUT2D eigenvalue weighted by Gasteiger charge is 2.29. The van der Waals surface area contributed by atoms with E-state index in [1.165, 1.54) is 0 Å². The Bertz CT molecular complexity index is 699. The summed E-state index contributed by atoms with van der Waals surface area (Å²) < 4.78 is 0. The molecule has 1 amide bonds. The minimum Gasteiger partial charge on any atom is -0.312 e. The zero-order valence-electron chi connectivity index (χ0n) is 12.1. The molecule has 112 valence electrons. The lowest BCUT2D eigenvalue weighted by atomic mass is 10.0. The second-order valence-corrected chi connectivity index (χ2v) is 5.87. The first-order valence-corrected chi connectivity index (χ1v) is 7.93. The van der Waals surface area contributed by atoms with Crippen LogP contribution in [0.1, 0.15) is 22.3 Å². The average Bonchev–Trinajstić information content (AvgIpc) is 2.96. The molecule has 2 aromatic rings. The number of carbonyl (C=O) groups excluding carboxylic acids is 2. The Morgan fingerprint density at radius 2 is 1.82 bits per heavy atom. The van der Waals surface area contributed by atoms with Crippen LogP contribution in [0.25, 0.3) is 0 Å². The Labute approximate surface area is 135 Å². The van der Waals surface area contributed by atoms with Crippen molar-refractivity contribution < 1.29 is 9.59 Å². The van der Waals surface area contributed by atoms with Crippen molar-refractivity contribution in [3.8, 4) is 0 Å². The van der Waals surface area contributed by atoms with Gasteiger partial charge in [0.05, 0.1) is 0 Å². The zero-order valence-corrected chi connectivity index (χ0v) is 13.0. The number of hydrogen-bond donors (Lipinski definition) is 1. The second kappa shape index (κ2) is 6.36. The first-order chi connectivity index (χ1) is 10.7. The van der Waals surface area contributed by atoms with Gasteiger partial charge in [-0.1, -0.05) is 42.5 Å². The molecule has 0 aliphatic carbocycles. The maximum atomic E-state index is 12.5. The van der Waals surface area contributed by atoms with Crippen LogP contribution in [-0.2, 0) is 4.79 Å². The van der Waals surface area contributed by atoms with Crippen LogP contribution in [0.5, 0.6) is 0 Å². The molecule has 1 saturated heterocycles. The first-order valence-electron chi connectivity index (χ1n) is 7.30. The van der Waals surface area contributed by atoms with Gasteiger partial charge in [0, 0.05) is 29.8 Å². The number of nitrogens with zero attached hydrogens (tertiary/aromatic N) is 1. The summed E-state index contributed by atoms with van der Waals surface area (Å²) in [7, 11) is 0. The maximum absolute atomic E-state index is 12.5. The topological polar surface area (TPSA) is 37.4 Å². The van der Waals surface area contributed by atoms with Crippen molar-refractivity contribution in [1.29, 1.82) is 0 Å². The van der Waals surface area contributed by atoms with E-state index in [2.05, 4.69) is 12.6 Å². The highest BCUT2D eigenvalue weighted by Crippen LogP contribution is 2.27. The molecule has 1 heterocycles. The van der Waals surface area contributed by atoms with E-state index in [0.29, 0.717) is 29.8 Å². The average molecular weight is 311 g/mol. The van der Waals surface area contributed by atoms with Gasteiger partial charge >= 0.3 is 0 Å². The fourth-order valence-corrected chi connectivity index (χ4v) is 2.97. The van der Waals surface area contributed by atoms with Gasteiger partial charge in [-0.15, -0.1) is 0 Å². The normalized spacial score (nSPS) is 17.8. The summed E-state index contributed by atoms with van der Waals surface area (Å²) >= 11 is 4.28. The number of carbonyl (C=O) groups is 2. The van der Waals surface area contributed by atoms with Crippen molar-refractivity contribution in [2.45, 2.75) is 6.42 Å². The molecule has 1 aliphatic heterocycles. The predicted octanol–water partition coefficient (Wildman–Crippen LogP) is 3.20. The summed E-state index contributed by atoms with van der Waals surface area (Å²) in [6.45, 7) is 0.672. The molecule has 1 atom stereocenters. The summed E-state index contributed by atoms with van der Waals surface area (Å²) in [6.07, 6.45) is 0.528. The molecule has 0 saturated carbocycles. The van der Waals surface area contributed by atoms with E-state index in [1.807, 2.05) is 30.3 Å². The van der Waals surface area contributed by atoms with E-state index in [0.717, 1.165) is 5.69 Å². The fraction of sp³-hybridized carbons (Fsp3) is 0.222. The quantitative estimate of drug-likeness (QED) is 0.695. The Hall–Kier alpha value is -2.07. The van der Waals surface area contributed by atoms with Crippen LogP contribution in [0.15, 0.2) is 54.6 Å². The molecular formula is C18H17NO2S. The van der Waals surface area contributed by atoms with E-state index in [4.69, 9.17) is 0 Å². The molecule has 0 N–H and O–H groups in total. The molecule has 0 aromatic heterocycles. The van der Waals surface area contributed by atoms with Gasteiger partial charge in [0.15, 0.2) is 5.78 Å². The molecule has 1 aliphatic rings. The number of amides is 1. The summed E-state index contributed by atoms with van der Waals surface area (Å²) in [4.78, 5) is 26.4. The second-order valence-electron chi connectivity index (χ2n) is 5.50. The Balaban J connectivity index is 1.87.